The Balaban J connectivity index is 1.43. The lowest BCUT2D eigenvalue weighted by Gasteiger charge is -2.49. The molecule has 4 saturated heterocycles. The monoisotopic (exact) mass is 723 g/mol. The SMILES string of the molecule is NCCO[C@H]1OC(CO)[C@H](O[C@H]2OC(CO)[C@@H](O[C@@H]3OC(CO)[C@@H](O[C@@H]4OC(C(=O)O)[C@@H](O)C(O)C4O)C(O)C3O)C(O)[C@H]2O)C(O)C1O. The predicted octanol–water partition coefficient (Wildman–Crippen LogP) is -9.67. The van der Waals surface area contributed by atoms with E-state index >= 15 is 0 Å². The molecule has 0 aromatic heterocycles. The standard InChI is InChI=1S/C26H45NO22/c27-1-2-42-23-15(37)11(33)18(6(3-28)43-23)46-24-16(38)12(34)19(7(4-29)44-24)47-25-17(39)13(35)20(8(5-30)45-25)48-26-14(36)9(31)10(32)21(49-26)22(40)41/h6-21,23-26,28-39H,1-5,27H2,(H,40,41)/t6?,7?,8?,9?,10-,11?,12?,13?,14?,15?,16+,17?,18-,19+,20+,21?,23-,24+,25-,26+/m0/s1. The number of aliphatic hydroxyl groups excluding tert-OH is 12. The summed E-state index contributed by atoms with van der Waals surface area (Å²) in [5.41, 5.74) is 5.37. The number of ether oxygens (including phenoxy) is 8. The molecule has 49 heavy (non-hydrogen) atoms. The number of rotatable bonds is 13. The van der Waals surface area contributed by atoms with E-state index in [2.05, 4.69) is 0 Å². The molecule has 4 aliphatic rings. The molecule has 0 aliphatic carbocycles. The molecular weight excluding hydrogens is 678 g/mol. The first kappa shape index (κ1) is 40.4. The van der Waals surface area contributed by atoms with E-state index in [0.717, 1.165) is 0 Å². The molecule has 4 aliphatic heterocycles. The third kappa shape index (κ3) is 8.48. The van der Waals surface area contributed by atoms with Gasteiger partial charge in [0.1, 0.15) is 91.6 Å². The van der Waals surface area contributed by atoms with Crippen molar-refractivity contribution in [1.29, 1.82) is 0 Å². The molecule has 23 heteroatoms. The number of carboxylic acids is 1. The molecule has 20 atom stereocenters. The smallest absolute Gasteiger partial charge is 0.335 e. The van der Waals surface area contributed by atoms with Crippen LogP contribution in [0.15, 0.2) is 0 Å². The van der Waals surface area contributed by atoms with Crippen LogP contribution in [-0.4, -0.2) is 228 Å². The highest BCUT2D eigenvalue weighted by Crippen LogP contribution is 2.34. The van der Waals surface area contributed by atoms with Gasteiger partial charge in [-0.15, -0.1) is 0 Å². The molecule has 4 fully saturated rings. The third-order valence-corrected chi connectivity index (χ3v) is 8.55. The minimum Gasteiger partial charge on any atom is -0.479 e. The molecular formula is C26H45NO22. The van der Waals surface area contributed by atoms with Crippen LogP contribution in [0.25, 0.3) is 0 Å². The molecule has 4 heterocycles. The van der Waals surface area contributed by atoms with Crippen molar-refractivity contribution < 1.29 is 109 Å². The van der Waals surface area contributed by atoms with Crippen molar-refractivity contribution in [2.45, 2.75) is 123 Å². The van der Waals surface area contributed by atoms with E-state index in [0.29, 0.717) is 0 Å². The summed E-state index contributed by atoms with van der Waals surface area (Å²) in [6.45, 7) is -2.65. The van der Waals surface area contributed by atoms with Gasteiger partial charge >= 0.3 is 5.97 Å². The van der Waals surface area contributed by atoms with Crippen LogP contribution in [0.3, 0.4) is 0 Å². The van der Waals surface area contributed by atoms with Crippen molar-refractivity contribution in [3.63, 3.8) is 0 Å². The number of aliphatic hydroxyl groups is 12. The number of carbonyl (C=O) groups is 1. The van der Waals surface area contributed by atoms with Crippen LogP contribution in [0.5, 0.6) is 0 Å². The van der Waals surface area contributed by atoms with Gasteiger partial charge in [0.15, 0.2) is 31.3 Å². The molecule has 11 unspecified atom stereocenters. The minimum absolute atomic E-state index is 0.0559. The second kappa shape index (κ2) is 17.4. The van der Waals surface area contributed by atoms with Crippen LogP contribution in [0, 0.1) is 0 Å². The van der Waals surface area contributed by atoms with Crippen molar-refractivity contribution in [3.05, 3.63) is 0 Å². The second-order valence-electron chi connectivity index (χ2n) is 11.8. The Morgan fingerprint density at radius 3 is 1.22 bits per heavy atom. The quantitative estimate of drug-likeness (QED) is 0.0838. The molecule has 0 saturated carbocycles. The highest BCUT2D eigenvalue weighted by Gasteiger charge is 2.55. The van der Waals surface area contributed by atoms with Gasteiger partial charge in [0.25, 0.3) is 0 Å². The minimum atomic E-state index is -2.09. The Labute approximate surface area is 277 Å². The Kier molecular flexibility index (Phi) is 14.4. The first-order valence-electron chi connectivity index (χ1n) is 15.3. The van der Waals surface area contributed by atoms with E-state index in [1.54, 1.807) is 0 Å². The topological polar surface area (TPSA) is 380 Å². The van der Waals surface area contributed by atoms with Gasteiger partial charge in [0.05, 0.1) is 26.4 Å². The van der Waals surface area contributed by atoms with Crippen LogP contribution in [0.1, 0.15) is 0 Å². The molecule has 4 rings (SSSR count). The first-order chi connectivity index (χ1) is 23.2. The first-order valence-corrected chi connectivity index (χ1v) is 15.3. The summed E-state index contributed by atoms with van der Waals surface area (Å²) in [5.74, 6) is -1.73. The average Bonchev–Trinajstić information content (AvgIpc) is 3.08. The summed E-state index contributed by atoms with van der Waals surface area (Å²) < 4.78 is 43.3. The fraction of sp³-hybridized carbons (Fsp3) is 0.962. The van der Waals surface area contributed by atoms with Crippen LogP contribution >= 0.6 is 0 Å². The highest BCUT2D eigenvalue weighted by atomic mass is 16.8. The molecule has 15 N–H and O–H groups in total. The van der Waals surface area contributed by atoms with E-state index in [9.17, 15) is 71.2 Å². The molecule has 0 aromatic carbocycles. The van der Waals surface area contributed by atoms with Gasteiger partial charge in [-0.1, -0.05) is 0 Å². The molecule has 0 amide bonds. The van der Waals surface area contributed by atoms with Gasteiger partial charge in [-0.3, -0.25) is 0 Å². The maximum absolute atomic E-state index is 11.4. The van der Waals surface area contributed by atoms with Crippen LogP contribution in [0.2, 0.25) is 0 Å². The summed E-state index contributed by atoms with van der Waals surface area (Å²) in [6, 6.07) is 0. The molecule has 0 spiro atoms. The molecule has 0 radical (unpaired) electrons. The van der Waals surface area contributed by atoms with E-state index in [-0.39, 0.29) is 13.2 Å². The maximum atomic E-state index is 11.4. The Bertz CT molecular complexity index is 1040. The summed E-state index contributed by atoms with van der Waals surface area (Å²) in [6.07, 6.45) is -36.7. The van der Waals surface area contributed by atoms with Gasteiger partial charge in [0.2, 0.25) is 0 Å². The van der Waals surface area contributed by atoms with Gasteiger partial charge in [-0.2, -0.15) is 0 Å². The van der Waals surface area contributed by atoms with Gasteiger partial charge in [-0.25, -0.2) is 4.79 Å². The van der Waals surface area contributed by atoms with Crippen molar-refractivity contribution in [3.8, 4) is 0 Å². The summed E-state index contributed by atoms with van der Waals surface area (Å²) in [7, 11) is 0. The molecule has 23 nitrogen and oxygen atoms in total. The fourth-order valence-corrected chi connectivity index (χ4v) is 5.84. The summed E-state index contributed by atoms with van der Waals surface area (Å²) >= 11 is 0. The fourth-order valence-electron chi connectivity index (χ4n) is 5.84. The van der Waals surface area contributed by atoms with Crippen molar-refractivity contribution in [2.24, 2.45) is 5.73 Å². The lowest BCUT2D eigenvalue weighted by molar-refractivity contribution is -0.387. The van der Waals surface area contributed by atoms with E-state index in [1.807, 2.05) is 0 Å². The second-order valence-corrected chi connectivity index (χ2v) is 11.8. The third-order valence-electron chi connectivity index (χ3n) is 8.55. The number of carboxylic acid groups (broad SMARTS) is 1. The summed E-state index contributed by atoms with van der Waals surface area (Å²) in [5, 5.41) is 134. The number of aliphatic carboxylic acids is 1. The van der Waals surface area contributed by atoms with E-state index in [4.69, 9.17) is 43.6 Å². The van der Waals surface area contributed by atoms with E-state index < -0.39 is 149 Å². The number of nitrogens with two attached hydrogens (primary N) is 1. The Hall–Kier alpha value is -1.37. The predicted molar refractivity (Wildman–Crippen MR) is 147 cm³/mol. The zero-order valence-corrected chi connectivity index (χ0v) is 25.6. The number of hydrogen-bond donors (Lipinski definition) is 14. The number of hydrogen-bond acceptors (Lipinski definition) is 22. The highest BCUT2D eigenvalue weighted by molar-refractivity contribution is 5.73. The maximum Gasteiger partial charge on any atom is 0.335 e. The van der Waals surface area contributed by atoms with Gasteiger partial charge < -0.3 is 110 Å². The molecule has 286 valence electrons. The Morgan fingerprint density at radius 2 is 0.857 bits per heavy atom. The normalized spacial score (nSPS) is 49.5. The zero-order valence-electron chi connectivity index (χ0n) is 25.6. The Morgan fingerprint density at radius 1 is 0.510 bits per heavy atom. The average molecular weight is 724 g/mol. The molecule has 0 aromatic rings. The van der Waals surface area contributed by atoms with Gasteiger partial charge in [0, 0.05) is 6.54 Å². The largest absolute Gasteiger partial charge is 0.479 e. The van der Waals surface area contributed by atoms with Crippen LogP contribution < -0.4 is 5.73 Å². The van der Waals surface area contributed by atoms with E-state index in [1.165, 1.54) is 0 Å². The van der Waals surface area contributed by atoms with Crippen LogP contribution in [0.4, 0.5) is 0 Å². The summed E-state index contributed by atoms with van der Waals surface area (Å²) in [4.78, 5) is 11.4. The van der Waals surface area contributed by atoms with Crippen molar-refractivity contribution in [1.82, 2.24) is 0 Å². The molecule has 0 bridgehead atoms. The van der Waals surface area contributed by atoms with Gasteiger partial charge in [-0.05, 0) is 0 Å². The van der Waals surface area contributed by atoms with Crippen LogP contribution in [-0.2, 0) is 42.7 Å². The lowest BCUT2D eigenvalue weighted by atomic mass is 9.95. The van der Waals surface area contributed by atoms with Crippen molar-refractivity contribution in [2.75, 3.05) is 33.0 Å². The zero-order chi connectivity index (χ0) is 36.3. The van der Waals surface area contributed by atoms with Crippen molar-refractivity contribution >= 4 is 5.97 Å². The lowest BCUT2D eigenvalue weighted by Crippen LogP contribution is -2.67.